The third-order valence-corrected chi connectivity index (χ3v) is 4.69. The molecule has 2 atom stereocenters. The van der Waals surface area contributed by atoms with Crippen molar-refractivity contribution in [1.29, 1.82) is 0 Å². The van der Waals surface area contributed by atoms with E-state index in [4.69, 9.17) is 0 Å². The van der Waals surface area contributed by atoms with Crippen LogP contribution in [0.3, 0.4) is 0 Å². The van der Waals surface area contributed by atoms with Gasteiger partial charge in [-0.1, -0.05) is 11.6 Å². The zero-order chi connectivity index (χ0) is 13.5. The van der Waals surface area contributed by atoms with E-state index in [-0.39, 0.29) is 0 Å². The van der Waals surface area contributed by atoms with E-state index >= 15 is 0 Å². The van der Waals surface area contributed by atoms with Crippen LogP contribution in [-0.4, -0.2) is 27.0 Å². The van der Waals surface area contributed by atoms with Crippen molar-refractivity contribution in [2.75, 3.05) is 4.90 Å². The molecule has 102 valence electrons. The highest BCUT2D eigenvalue weighted by atomic mass is 15.3. The summed E-state index contributed by atoms with van der Waals surface area (Å²) in [6.07, 6.45) is 12.5. The second-order valence-corrected chi connectivity index (χ2v) is 5.74. The maximum atomic E-state index is 4.59. The molecule has 0 radical (unpaired) electrons. The average Bonchev–Trinajstić information content (AvgIpc) is 2.76. The van der Waals surface area contributed by atoms with Crippen LogP contribution in [0.1, 0.15) is 32.6 Å². The molecule has 0 N–H and O–H groups in total. The van der Waals surface area contributed by atoms with Gasteiger partial charge < -0.3 is 4.90 Å². The Morgan fingerprint density at radius 1 is 1.20 bits per heavy atom. The van der Waals surface area contributed by atoms with Crippen molar-refractivity contribution in [3.8, 4) is 0 Å². The third-order valence-electron chi connectivity index (χ3n) is 4.69. The van der Waals surface area contributed by atoms with Gasteiger partial charge in [-0.05, 0) is 38.7 Å². The van der Waals surface area contributed by atoms with E-state index in [1.165, 1.54) is 25.7 Å². The van der Waals surface area contributed by atoms with Crippen molar-refractivity contribution < 1.29 is 0 Å². The highest BCUT2D eigenvalue weighted by molar-refractivity contribution is 5.89. The van der Waals surface area contributed by atoms with Gasteiger partial charge in [0.1, 0.15) is 12.1 Å². The van der Waals surface area contributed by atoms with E-state index < -0.39 is 0 Å². The monoisotopic (exact) mass is 266 g/mol. The van der Waals surface area contributed by atoms with Gasteiger partial charge in [-0.2, -0.15) is 0 Å². The number of aromatic nitrogens is 3. The predicted octanol–water partition coefficient (Wildman–Crippen LogP) is 3.10. The van der Waals surface area contributed by atoms with Crippen molar-refractivity contribution in [3.63, 3.8) is 0 Å². The molecule has 2 unspecified atom stereocenters. The fourth-order valence-electron chi connectivity index (χ4n) is 3.73. The summed E-state index contributed by atoms with van der Waals surface area (Å²) in [7, 11) is 0. The normalized spacial score (nSPS) is 25.2. The highest BCUT2D eigenvalue weighted by Crippen LogP contribution is 2.42. The smallest absolute Gasteiger partial charge is 0.140 e. The average molecular weight is 266 g/mol. The van der Waals surface area contributed by atoms with Gasteiger partial charge in [0.25, 0.3) is 0 Å². The lowest BCUT2D eigenvalue weighted by Crippen LogP contribution is -2.41. The van der Waals surface area contributed by atoms with Gasteiger partial charge in [0.05, 0.1) is 11.7 Å². The Hall–Kier alpha value is -1.97. The van der Waals surface area contributed by atoms with Crippen molar-refractivity contribution in [1.82, 2.24) is 15.0 Å². The topological polar surface area (TPSA) is 41.9 Å². The van der Waals surface area contributed by atoms with Gasteiger partial charge in [0.15, 0.2) is 0 Å². The third kappa shape index (κ3) is 1.71. The van der Waals surface area contributed by atoms with Crippen LogP contribution in [0.2, 0.25) is 0 Å². The molecule has 2 fully saturated rings. The summed E-state index contributed by atoms with van der Waals surface area (Å²) in [4.78, 5) is 15.6. The summed E-state index contributed by atoms with van der Waals surface area (Å²) < 4.78 is 0. The summed E-state index contributed by atoms with van der Waals surface area (Å²) in [6.45, 7) is 2.16. The minimum Gasteiger partial charge on any atom is -0.349 e. The van der Waals surface area contributed by atoms with E-state index in [1.54, 1.807) is 11.9 Å². The molecular formula is C16H18N4. The molecular weight excluding hydrogens is 248 g/mol. The Kier molecular flexibility index (Phi) is 2.69. The van der Waals surface area contributed by atoms with Gasteiger partial charge in [0, 0.05) is 23.7 Å². The molecule has 2 aromatic heterocycles. The van der Waals surface area contributed by atoms with Crippen molar-refractivity contribution in [2.45, 2.75) is 44.7 Å². The maximum Gasteiger partial charge on any atom is 0.140 e. The molecule has 4 nitrogen and oxygen atoms in total. The lowest BCUT2D eigenvalue weighted by atomic mass is 9.96. The molecule has 4 heteroatoms. The van der Waals surface area contributed by atoms with E-state index in [0.29, 0.717) is 12.1 Å². The number of allylic oxidation sites excluding steroid dienone is 1. The molecule has 2 bridgehead atoms. The Bertz CT molecular complexity index is 658. The predicted molar refractivity (Wildman–Crippen MR) is 79.6 cm³/mol. The van der Waals surface area contributed by atoms with E-state index in [1.807, 2.05) is 18.5 Å². The summed E-state index contributed by atoms with van der Waals surface area (Å²) in [6, 6.07) is 3.24. The Balaban J connectivity index is 1.81. The summed E-state index contributed by atoms with van der Waals surface area (Å²) in [5, 5.41) is 1.13. The fourth-order valence-corrected chi connectivity index (χ4v) is 3.73. The van der Waals surface area contributed by atoms with Crippen LogP contribution in [0.4, 0.5) is 5.82 Å². The first-order valence-corrected chi connectivity index (χ1v) is 7.34. The van der Waals surface area contributed by atoms with Gasteiger partial charge in [-0.3, -0.25) is 4.98 Å². The summed E-state index contributed by atoms with van der Waals surface area (Å²) in [5.74, 6) is 1.10. The first kappa shape index (κ1) is 11.8. The van der Waals surface area contributed by atoms with Crippen LogP contribution in [0.15, 0.2) is 36.4 Å². The van der Waals surface area contributed by atoms with Crippen molar-refractivity contribution in [3.05, 3.63) is 36.4 Å². The van der Waals surface area contributed by atoms with Crippen molar-refractivity contribution >= 4 is 16.7 Å². The lowest BCUT2D eigenvalue weighted by Gasteiger charge is -2.37. The number of pyridine rings is 1. The molecule has 0 aliphatic carbocycles. The van der Waals surface area contributed by atoms with Crippen LogP contribution in [0.5, 0.6) is 0 Å². The number of nitrogens with zero attached hydrogens (tertiary/aromatic N) is 4. The molecule has 0 saturated carbocycles. The van der Waals surface area contributed by atoms with Crippen LogP contribution in [-0.2, 0) is 0 Å². The van der Waals surface area contributed by atoms with Crippen LogP contribution >= 0.6 is 0 Å². The summed E-state index contributed by atoms with van der Waals surface area (Å²) >= 11 is 0. The zero-order valence-corrected chi connectivity index (χ0v) is 11.7. The van der Waals surface area contributed by atoms with E-state index in [9.17, 15) is 0 Å². The molecule has 2 aromatic rings. The van der Waals surface area contributed by atoms with Gasteiger partial charge in [-0.25, -0.2) is 9.97 Å². The van der Waals surface area contributed by atoms with E-state index in [2.05, 4.69) is 32.9 Å². The minimum absolute atomic E-state index is 0.603. The van der Waals surface area contributed by atoms with Crippen LogP contribution < -0.4 is 4.90 Å². The fraction of sp³-hybridized carbons (Fsp3) is 0.438. The second kappa shape index (κ2) is 4.54. The summed E-state index contributed by atoms with van der Waals surface area (Å²) in [5.41, 5.74) is 2.54. The van der Waals surface area contributed by atoms with Gasteiger partial charge in [-0.15, -0.1) is 0 Å². The molecule has 2 aliphatic rings. The van der Waals surface area contributed by atoms with Crippen molar-refractivity contribution in [2.24, 2.45) is 0 Å². The number of fused-ring (bicyclic) bond motifs is 3. The molecule has 0 amide bonds. The number of anilines is 1. The standard InChI is InChI=1S/C16H18N4/c1-2-11-7-12-3-4-13(8-11)20(12)16-14-5-6-17-9-15(14)18-10-19-16/h2,5-6,9-10,12-13H,3-4,7-8H2,1H3. The number of hydrogen-bond donors (Lipinski definition) is 0. The quantitative estimate of drug-likeness (QED) is 0.744. The Labute approximate surface area is 118 Å². The molecule has 20 heavy (non-hydrogen) atoms. The number of rotatable bonds is 1. The maximum absolute atomic E-state index is 4.59. The molecule has 4 heterocycles. The minimum atomic E-state index is 0.603. The first-order valence-electron chi connectivity index (χ1n) is 7.34. The molecule has 0 aromatic carbocycles. The SMILES string of the molecule is CC=C1CC2CCC(C1)N2c1ncnc2cnccc12. The molecule has 2 aliphatic heterocycles. The lowest BCUT2D eigenvalue weighted by molar-refractivity contribution is 0.545. The second-order valence-electron chi connectivity index (χ2n) is 5.74. The Morgan fingerprint density at radius 3 is 2.75 bits per heavy atom. The van der Waals surface area contributed by atoms with E-state index in [0.717, 1.165) is 16.7 Å². The zero-order valence-electron chi connectivity index (χ0n) is 11.7. The molecule has 4 rings (SSSR count). The Morgan fingerprint density at radius 2 is 2.00 bits per heavy atom. The van der Waals surface area contributed by atoms with Crippen LogP contribution in [0, 0.1) is 0 Å². The number of hydrogen-bond acceptors (Lipinski definition) is 4. The first-order chi connectivity index (χ1) is 9.86. The molecule has 2 saturated heterocycles. The highest BCUT2D eigenvalue weighted by Gasteiger charge is 2.39. The molecule has 0 spiro atoms. The van der Waals surface area contributed by atoms with Gasteiger partial charge >= 0.3 is 0 Å². The largest absolute Gasteiger partial charge is 0.349 e. The van der Waals surface area contributed by atoms with Crippen LogP contribution in [0.25, 0.3) is 10.9 Å². The van der Waals surface area contributed by atoms with Gasteiger partial charge in [0.2, 0.25) is 0 Å². The number of piperidine rings is 1.